The number of nitrogens with one attached hydrogen (secondary N) is 5. The van der Waals surface area contributed by atoms with Crippen LogP contribution in [-0.4, -0.2) is 64.5 Å². The van der Waals surface area contributed by atoms with Crippen LogP contribution in [0.4, 0.5) is 0 Å². The molecule has 1 aliphatic rings. The number of hydrogen-bond acceptors (Lipinski definition) is 5. The number of aromatic amines is 1. The predicted octanol–water partition coefficient (Wildman–Crippen LogP) is 2.09. The quantitative estimate of drug-likeness (QED) is 0.235. The minimum absolute atomic E-state index is 0.0577. The van der Waals surface area contributed by atoms with E-state index in [1.807, 2.05) is 52.0 Å². The Hall–Kier alpha value is -3.40. The highest BCUT2D eigenvalue weighted by Crippen LogP contribution is 2.19. The molecule has 1 aromatic carbocycles. The number of carbonyl (C=O) groups excluding carboxylic acids is 3. The van der Waals surface area contributed by atoms with Gasteiger partial charge in [0.25, 0.3) is 0 Å². The van der Waals surface area contributed by atoms with E-state index in [1.165, 1.54) is 0 Å². The van der Waals surface area contributed by atoms with E-state index >= 15 is 0 Å². The Balaban J connectivity index is 1.73. The van der Waals surface area contributed by atoms with E-state index in [0.29, 0.717) is 19.3 Å². The molecule has 0 saturated carbocycles. The van der Waals surface area contributed by atoms with Gasteiger partial charge in [-0.15, -0.1) is 0 Å². The highest BCUT2D eigenvalue weighted by atomic mass is 16.4. The van der Waals surface area contributed by atoms with E-state index < -0.39 is 35.9 Å². The van der Waals surface area contributed by atoms with Crippen LogP contribution < -0.4 is 21.3 Å². The lowest BCUT2D eigenvalue weighted by Crippen LogP contribution is -2.58. The molecule has 3 rings (SSSR count). The molecule has 5 atom stereocenters. The molecule has 2 heterocycles. The van der Waals surface area contributed by atoms with Crippen molar-refractivity contribution in [2.75, 3.05) is 6.54 Å². The second-order valence-electron chi connectivity index (χ2n) is 10.7. The summed E-state index contributed by atoms with van der Waals surface area (Å²) in [5.41, 5.74) is 1.66. The number of H-pyrrole nitrogens is 1. The lowest BCUT2D eigenvalue weighted by atomic mass is 9.96. The molecule has 208 valence electrons. The van der Waals surface area contributed by atoms with Crippen molar-refractivity contribution in [2.45, 2.75) is 84.0 Å². The molecule has 0 radical (unpaired) electrons. The van der Waals surface area contributed by atoms with E-state index in [-0.39, 0.29) is 30.2 Å². The number of amides is 3. The second-order valence-corrected chi connectivity index (χ2v) is 10.7. The standard InChI is InChI=1S/C28H41N5O5/c1-5-17(4)24(33-25(34)21-11-8-12-29-21)27(36)31-22(13-16(2)3)26(35)32-23(28(37)38)14-18-15-30-20-10-7-6-9-19(18)20/h6-7,9-10,15-17,21-24,29-30H,5,8,11-14H2,1-4H3,(H,31,36)(H,32,35)(H,33,34)(H,37,38). The van der Waals surface area contributed by atoms with Crippen molar-refractivity contribution >= 4 is 34.6 Å². The monoisotopic (exact) mass is 527 g/mol. The van der Waals surface area contributed by atoms with Gasteiger partial charge in [0.2, 0.25) is 17.7 Å². The average molecular weight is 528 g/mol. The molecule has 6 N–H and O–H groups in total. The summed E-state index contributed by atoms with van der Waals surface area (Å²) in [6, 6.07) is 4.30. The molecule has 0 spiro atoms. The van der Waals surface area contributed by atoms with Gasteiger partial charge in [-0.2, -0.15) is 0 Å². The van der Waals surface area contributed by atoms with E-state index in [0.717, 1.165) is 29.4 Å². The third-order valence-electron chi connectivity index (χ3n) is 7.22. The van der Waals surface area contributed by atoms with Crippen LogP contribution in [0, 0.1) is 11.8 Å². The van der Waals surface area contributed by atoms with E-state index in [2.05, 4.69) is 26.3 Å². The van der Waals surface area contributed by atoms with Crippen LogP contribution in [0.25, 0.3) is 10.9 Å². The first-order valence-electron chi connectivity index (χ1n) is 13.5. The van der Waals surface area contributed by atoms with Crippen LogP contribution in [0.5, 0.6) is 0 Å². The van der Waals surface area contributed by atoms with E-state index in [4.69, 9.17) is 0 Å². The molecular weight excluding hydrogens is 486 g/mol. The van der Waals surface area contributed by atoms with E-state index in [9.17, 15) is 24.3 Å². The van der Waals surface area contributed by atoms with Crippen LogP contribution in [0.3, 0.4) is 0 Å². The minimum Gasteiger partial charge on any atom is -0.480 e. The smallest absolute Gasteiger partial charge is 0.326 e. The predicted molar refractivity (Wildman–Crippen MR) is 145 cm³/mol. The molecule has 0 bridgehead atoms. The molecule has 10 nitrogen and oxygen atoms in total. The van der Waals surface area contributed by atoms with Gasteiger partial charge >= 0.3 is 5.97 Å². The number of rotatable bonds is 13. The topological polar surface area (TPSA) is 152 Å². The Morgan fingerprint density at radius 2 is 1.74 bits per heavy atom. The molecular formula is C28H41N5O5. The van der Waals surface area contributed by atoms with Gasteiger partial charge in [-0.25, -0.2) is 4.79 Å². The number of hydrogen-bond donors (Lipinski definition) is 6. The number of carbonyl (C=O) groups is 4. The summed E-state index contributed by atoms with van der Waals surface area (Å²) in [6.45, 7) is 8.43. The fourth-order valence-electron chi connectivity index (χ4n) is 4.82. The average Bonchev–Trinajstić information content (AvgIpc) is 3.56. The molecule has 3 amide bonds. The number of carboxylic acids is 1. The fraction of sp³-hybridized carbons (Fsp3) is 0.571. The molecule has 5 unspecified atom stereocenters. The molecule has 2 aromatic rings. The highest BCUT2D eigenvalue weighted by Gasteiger charge is 2.34. The SMILES string of the molecule is CCC(C)C(NC(=O)C1CCCN1)C(=O)NC(CC(C)C)C(=O)NC(Cc1c[nH]c2ccccc12)C(=O)O. The Morgan fingerprint density at radius 1 is 1.03 bits per heavy atom. The zero-order valence-corrected chi connectivity index (χ0v) is 22.7. The summed E-state index contributed by atoms with van der Waals surface area (Å²) in [5.74, 6) is -2.50. The first-order chi connectivity index (χ1) is 18.1. The Labute approximate surface area is 223 Å². The third-order valence-corrected chi connectivity index (χ3v) is 7.22. The maximum absolute atomic E-state index is 13.4. The molecule has 38 heavy (non-hydrogen) atoms. The number of benzene rings is 1. The van der Waals surface area contributed by atoms with Crippen molar-refractivity contribution in [1.29, 1.82) is 0 Å². The zero-order chi connectivity index (χ0) is 27.8. The Morgan fingerprint density at radius 3 is 2.37 bits per heavy atom. The van der Waals surface area contributed by atoms with Gasteiger partial charge in [0.1, 0.15) is 18.1 Å². The summed E-state index contributed by atoms with van der Waals surface area (Å²) in [7, 11) is 0. The first-order valence-corrected chi connectivity index (χ1v) is 13.5. The largest absolute Gasteiger partial charge is 0.480 e. The Kier molecular flexibility index (Phi) is 10.3. The number of fused-ring (bicyclic) bond motifs is 1. The van der Waals surface area contributed by atoms with Gasteiger partial charge in [0.05, 0.1) is 6.04 Å². The summed E-state index contributed by atoms with van der Waals surface area (Å²) in [5, 5.41) is 22.2. The Bertz CT molecular complexity index is 1120. The summed E-state index contributed by atoms with van der Waals surface area (Å²) in [4.78, 5) is 54.6. The fourth-order valence-corrected chi connectivity index (χ4v) is 4.82. The lowest BCUT2D eigenvalue weighted by Gasteiger charge is -2.28. The summed E-state index contributed by atoms with van der Waals surface area (Å²) >= 11 is 0. The van der Waals surface area contributed by atoms with Crippen molar-refractivity contribution in [1.82, 2.24) is 26.3 Å². The minimum atomic E-state index is -1.17. The third kappa shape index (κ3) is 7.56. The van der Waals surface area contributed by atoms with Gasteiger partial charge < -0.3 is 31.4 Å². The molecule has 1 saturated heterocycles. The number of carboxylic acid groups (broad SMARTS) is 1. The summed E-state index contributed by atoms with van der Waals surface area (Å²) < 4.78 is 0. The maximum Gasteiger partial charge on any atom is 0.326 e. The lowest BCUT2D eigenvalue weighted by molar-refractivity contribution is -0.142. The number of para-hydroxylation sites is 1. The van der Waals surface area contributed by atoms with Gasteiger partial charge in [0.15, 0.2) is 0 Å². The molecule has 1 aliphatic heterocycles. The molecule has 1 aromatic heterocycles. The second kappa shape index (κ2) is 13.4. The van der Waals surface area contributed by atoms with Gasteiger partial charge in [0, 0.05) is 23.5 Å². The van der Waals surface area contributed by atoms with Gasteiger partial charge in [-0.1, -0.05) is 52.3 Å². The van der Waals surface area contributed by atoms with Crippen molar-refractivity contribution in [3.05, 3.63) is 36.0 Å². The van der Waals surface area contributed by atoms with Crippen molar-refractivity contribution < 1.29 is 24.3 Å². The molecule has 10 heteroatoms. The van der Waals surface area contributed by atoms with Gasteiger partial charge in [-0.3, -0.25) is 14.4 Å². The van der Waals surface area contributed by atoms with Crippen LogP contribution in [0.2, 0.25) is 0 Å². The van der Waals surface area contributed by atoms with Crippen molar-refractivity contribution in [3.8, 4) is 0 Å². The van der Waals surface area contributed by atoms with Crippen molar-refractivity contribution in [2.24, 2.45) is 11.8 Å². The van der Waals surface area contributed by atoms with Crippen LogP contribution in [0.15, 0.2) is 30.5 Å². The van der Waals surface area contributed by atoms with E-state index in [1.54, 1.807) is 6.20 Å². The van der Waals surface area contributed by atoms with Crippen molar-refractivity contribution in [3.63, 3.8) is 0 Å². The zero-order valence-electron chi connectivity index (χ0n) is 22.7. The van der Waals surface area contributed by atoms with Gasteiger partial charge in [-0.05, 0) is 49.3 Å². The normalized spacial score (nSPS) is 18.5. The number of aromatic nitrogens is 1. The maximum atomic E-state index is 13.4. The first kappa shape index (κ1) is 29.2. The van der Waals surface area contributed by atoms with Crippen LogP contribution >= 0.6 is 0 Å². The van der Waals surface area contributed by atoms with Crippen LogP contribution in [0.1, 0.15) is 58.9 Å². The number of aliphatic carboxylic acids is 1. The molecule has 1 fully saturated rings. The van der Waals surface area contributed by atoms with Crippen LogP contribution in [-0.2, 0) is 25.6 Å². The summed E-state index contributed by atoms with van der Waals surface area (Å²) in [6.07, 6.45) is 4.43. The molecule has 0 aliphatic carbocycles. The highest BCUT2D eigenvalue weighted by molar-refractivity contribution is 5.94.